The van der Waals surface area contributed by atoms with Crippen molar-refractivity contribution in [3.8, 4) is 0 Å². The van der Waals surface area contributed by atoms with E-state index in [1.165, 1.54) is 0 Å². The van der Waals surface area contributed by atoms with Crippen LogP contribution in [0, 0.1) is 11.8 Å². The second-order valence-electron chi connectivity index (χ2n) is 4.81. The fourth-order valence-electron chi connectivity index (χ4n) is 2.06. The normalized spacial score (nSPS) is 21.7. The van der Waals surface area contributed by atoms with Gasteiger partial charge in [-0.2, -0.15) is 0 Å². The molecule has 0 aromatic carbocycles. The molecule has 0 aromatic rings. The number of ether oxygens (including phenoxy) is 1. The van der Waals surface area contributed by atoms with Gasteiger partial charge >= 0.3 is 5.97 Å². The predicted molar refractivity (Wildman–Crippen MR) is 64.1 cm³/mol. The van der Waals surface area contributed by atoms with Crippen molar-refractivity contribution in [2.24, 2.45) is 17.6 Å². The Kier molecular flexibility index (Phi) is 4.93. The fourth-order valence-corrected chi connectivity index (χ4v) is 2.06. The lowest BCUT2D eigenvalue weighted by atomic mass is 9.95. The minimum Gasteiger partial charge on any atom is -0.464 e. The molecule has 1 rings (SSSR count). The summed E-state index contributed by atoms with van der Waals surface area (Å²) in [6.07, 6.45) is 0.985. The number of likely N-dealkylation sites (tertiary alicyclic amines) is 1. The Labute approximate surface area is 102 Å². The molecule has 1 aliphatic rings. The van der Waals surface area contributed by atoms with Crippen LogP contribution in [-0.2, 0) is 14.3 Å². The highest BCUT2D eigenvalue weighted by atomic mass is 16.5. The standard InChI is InChI=1S/C12H22N2O3/c1-4-17-12(16)10(13)11(15)14-6-5-9(7-14)8(2)3/h8-10H,4-7,13H2,1-3H3. The van der Waals surface area contributed by atoms with Crippen LogP contribution in [0.15, 0.2) is 0 Å². The molecular formula is C12H22N2O3. The van der Waals surface area contributed by atoms with Crippen molar-refractivity contribution in [1.82, 2.24) is 4.90 Å². The van der Waals surface area contributed by atoms with E-state index in [2.05, 4.69) is 13.8 Å². The number of hydrogen-bond donors (Lipinski definition) is 1. The Hall–Kier alpha value is -1.10. The number of carbonyl (C=O) groups is 2. The molecule has 5 nitrogen and oxygen atoms in total. The van der Waals surface area contributed by atoms with Crippen molar-refractivity contribution in [1.29, 1.82) is 0 Å². The van der Waals surface area contributed by atoms with Crippen LogP contribution < -0.4 is 5.73 Å². The van der Waals surface area contributed by atoms with Crippen molar-refractivity contribution < 1.29 is 14.3 Å². The molecule has 0 radical (unpaired) electrons. The molecule has 1 heterocycles. The first-order valence-corrected chi connectivity index (χ1v) is 6.18. The van der Waals surface area contributed by atoms with Crippen LogP contribution in [0.5, 0.6) is 0 Å². The molecule has 1 saturated heterocycles. The van der Waals surface area contributed by atoms with Gasteiger partial charge in [-0.1, -0.05) is 13.8 Å². The van der Waals surface area contributed by atoms with Gasteiger partial charge < -0.3 is 15.4 Å². The second kappa shape index (κ2) is 6.00. The summed E-state index contributed by atoms with van der Waals surface area (Å²) in [5.41, 5.74) is 5.58. The Bertz CT molecular complexity index is 291. The molecule has 98 valence electrons. The highest BCUT2D eigenvalue weighted by molar-refractivity contribution is 6.01. The SMILES string of the molecule is CCOC(=O)C(N)C(=O)N1CCC(C(C)C)C1. The number of nitrogens with two attached hydrogens (primary N) is 1. The number of nitrogens with zero attached hydrogens (tertiary/aromatic N) is 1. The van der Waals surface area contributed by atoms with E-state index in [1.807, 2.05) is 0 Å². The lowest BCUT2D eigenvalue weighted by Gasteiger charge is -2.20. The van der Waals surface area contributed by atoms with E-state index in [-0.39, 0.29) is 12.5 Å². The minimum absolute atomic E-state index is 0.244. The van der Waals surface area contributed by atoms with Crippen LogP contribution in [0.2, 0.25) is 0 Å². The zero-order valence-electron chi connectivity index (χ0n) is 10.8. The van der Waals surface area contributed by atoms with Crippen molar-refractivity contribution in [3.05, 3.63) is 0 Å². The maximum atomic E-state index is 11.9. The lowest BCUT2D eigenvalue weighted by Crippen LogP contribution is -2.48. The van der Waals surface area contributed by atoms with Crippen LogP contribution in [0.1, 0.15) is 27.2 Å². The molecular weight excluding hydrogens is 220 g/mol. The number of rotatable bonds is 4. The summed E-state index contributed by atoms with van der Waals surface area (Å²) in [4.78, 5) is 25.0. The highest BCUT2D eigenvalue weighted by Crippen LogP contribution is 2.23. The number of carbonyl (C=O) groups excluding carboxylic acids is 2. The van der Waals surface area contributed by atoms with Crippen LogP contribution in [0.3, 0.4) is 0 Å². The fraction of sp³-hybridized carbons (Fsp3) is 0.833. The molecule has 0 aromatic heterocycles. The summed E-state index contributed by atoms with van der Waals surface area (Å²) in [6, 6.07) is -1.17. The summed E-state index contributed by atoms with van der Waals surface area (Å²) in [6.45, 7) is 7.61. The first kappa shape index (κ1) is 14.0. The maximum absolute atomic E-state index is 11.9. The average molecular weight is 242 g/mol. The van der Waals surface area contributed by atoms with Crippen LogP contribution >= 0.6 is 0 Å². The van der Waals surface area contributed by atoms with E-state index in [0.29, 0.717) is 24.9 Å². The van der Waals surface area contributed by atoms with Gasteiger partial charge in [0.1, 0.15) is 0 Å². The van der Waals surface area contributed by atoms with E-state index >= 15 is 0 Å². The summed E-state index contributed by atoms with van der Waals surface area (Å²) in [7, 11) is 0. The maximum Gasteiger partial charge on any atom is 0.332 e. The molecule has 0 saturated carbocycles. The van der Waals surface area contributed by atoms with Gasteiger partial charge in [0.05, 0.1) is 6.61 Å². The third kappa shape index (κ3) is 3.43. The molecule has 0 aliphatic carbocycles. The second-order valence-corrected chi connectivity index (χ2v) is 4.81. The smallest absolute Gasteiger partial charge is 0.332 e. The first-order valence-electron chi connectivity index (χ1n) is 6.18. The molecule has 2 atom stereocenters. The molecule has 0 bridgehead atoms. The van der Waals surface area contributed by atoms with Gasteiger partial charge in [0.2, 0.25) is 0 Å². The first-order chi connectivity index (χ1) is 7.97. The van der Waals surface area contributed by atoms with E-state index < -0.39 is 12.0 Å². The minimum atomic E-state index is -1.17. The van der Waals surface area contributed by atoms with Gasteiger partial charge in [0.15, 0.2) is 6.04 Å². The number of esters is 1. The molecule has 0 spiro atoms. The molecule has 17 heavy (non-hydrogen) atoms. The number of amides is 1. The Morgan fingerprint density at radius 2 is 2.12 bits per heavy atom. The van der Waals surface area contributed by atoms with Crippen LogP contribution in [0.25, 0.3) is 0 Å². The molecule has 2 N–H and O–H groups in total. The van der Waals surface area contributed by atoms with Crippen molar-refractivity contribution in [2.75, 3.05) is 19.7 Å². The van der Waals surface area contributed by atoms with Crippen LogP contribution in [0.4, 0.5) is 0 Å². The largest absolute Gasteiger partial charge is 0.464 e. The summed E-state index contributed by atoms with van der Waals surface area (Å²) in [5, 5.41) is 0. The van der Waals surface area contributed by atoms with Crippen molar-refractivity contribution in [3.63, 3.8) is 0 Å². The Morgan fingerprint density at radius 1 is 1.47 bits per heavy atom. The van der Waals surface area contributed by atoms with Gasteiger partial charge in [-0.25, -0.2) is 4.79 Å². The summed E-state index contributed by atoms with van der Waals surface area (Å²) < 4.78 is 4.75. The average Bonchev–Trinajstić information content (AvgIpc) is 2.76. The van der Waals surface area contributed by atoms with E-state index in [0.717, 1.165) is 6.42 Å². The van der Waals surface area contributed by atoms with Gasteiger partial charge in [0.25, 0.3) is 5.91 Å². The molecule has 1 aliphatic heterocycles. The topological polar surface area (TPSA) is 72.6 Å². The molecule has 1 fully saturated rings. The lowest BCUT2D eigenvalue weighted by molar-refractivity contribution is -0.150. The molecule has 5 heteroatoms. The van der Waals surface area contributed by atoms with Crippen molar-refractivity contribution >= 4 is 11.9 Å². The highest BCUT2D eigenvalue weighted by Gasteiger charge is 2.33. The van der Waals surface area contributed by atoms with E-state index in [4.69, 9.17) is 10.5 Å². The van der Waals surface area contributed by atoms with E-state index in [9.17, 15) is 9.59 Å². The van der Waals surface area contributed by atoms with Crippen LogP contribution in [-0.4, -0.2) is 42.5 Å². The van der Waals surface area contributed by atoms with Gasteiger partial charge in [-0.15, -0.1) is 0 Å². The van der Waals surface area contributed by atoms with Gasteiger partial charge in [-0.3, -0.25) is 4.79 Å². The quantitative estimate of drug-likeness (QED) is 0.571. The monoisotopic (exact) mass is 242 g/mol. The van der Waals surface area contributed by atoms with Crippen molar-refractivity contribution in [2.45, 2.75) is 33.2 Å². The third-order valence-corrected chi connectivity index (χ3v) is 3.29. The zero-order chi connectivity index (χ0) is 13.0. The predicted octanol–water partition coefficient (Wildman–Crippen LogP) is 0.381. The summed E-state index contributed by atoms with van der Waals surface area (Å²) >= 11 is 0. The zero-order valence-corrected chi connectivity index (χ0v) is 10.8. The van der Waals surface area contributed by atoms with Gasteiger partial charge in [-0.05, 0) is 25.2 Å². The Morgan fingerprint density at radius 3 is 2.59 bits per heavy atom. The molecule has 2 unspecified atom stereocenters. The number of hydrogen-bond acceptors (Lipinski definition) is 4. The van der Waals surface area contributed by atoms with E-state index in [1.54, 1.807) is 11.8 Å². The summed E-state index contributed by atoms with van der Waals surface area (Å²) in [5.74, 6) is 0.108. The Balaban J connectivity index is 2.51. The third-order valence-electron chi connectivity index (χ3n) is 3.29. The van der Waals surface area contributed by atoms with Gasteiger partial charge in [0, 0.05) is 13.1 Å². The molecule has 1 amide bonds.